The molecular weight excluding hydrogens is 320 g/mol. The fourth-order valence-electron chi connectivity index (χ4n) is 1.70. The smallest absolute Gasteiger partial charge is 0.394 e. The zero-order valence-corrected chi connectivity index (χ0v) is 11.8. The van der Waals surface area contributed by atoms with Gasteiger partial charge in [-0.15, -0.1) is 0 Å². The summed E-state index contributed by atoms with van der Waals surface area (Å²) in [6.45, 7) is 1.57. The molecule has 2 atom stereocenters. The largest absolute Gasteiger partial charge is 0.440 e. The Hall–Kier alpha value is -2.76. The summed E-state index contributed by atoms with van der Waals surface area (Å²) in [6, 6.07) is 0.159. The van der Waals surface area contributed by atoms with Gasteiger partial charge in [0, 0.05) is 4.92 Å². The average Bonchev–Trinajstić information content (AvgIpc) is 2.99. The summed E-state index contributed by atoms with van der Waals surface area (Å²) in [5, 5.41) is 31.5. The lowest BCUT2D eigenvalue weighted by Crippen LogP contribution is -2.23. The third-order valence-corrected chi connectivity index (χ3v) is 3.96. The minimum Gasteiger partial charge on any atom is -0.394 e. The van der Waals surface area contributed by atoms with Crippen LogP contribution in [0.25, 0.3) is 6.08 Å². The van der Waals surface area contributed by atoms with E-state index in [1.54, 1.807) is 6.92 Å². The number of furan rings is 1. The van der Waals surface area contributed by atoms with Gasteiger partial charge in [-0.1, -0.05) is 0 Å². The standard InChI is InChI=1S/C10H8N4O7S/c1-5-10(14(19)20)22-8(11-5)3-2-7-6(12(15)16)4-9(21-7)13(17)18/h2-5,10H,1H3/b3-2-. The molecule has 1 aromatic heterocycles. The molecule has 0 saturated heterocycles. The molecule has 11 nitrogen and oxygen atoms in total. The second kappa shape index (κ2) is 5.93. The lowest BCUT2D eigenvalue weighted by Gasteiger charge is -2.02. The van der Waals surface area contributed by atoms with Crippen LogP contribution in [0.5, 0.6) is 0 Å². The van der Waals surface area contributed by atoms with Crippen molar-refractivity contribution in [3.05, 3.63) is 48.2 Å². The minimum atomic E-state index is -0.930. The van der Waals surface area contributed by atoms with Crippen LogP contribution in [-0.4, -0.2) is 31.2 Å². The van der Waals surface area contributed by atoms with Gasteiger partial charge in [0.15, 0.2) is 0 Å². The molecular formula is C10H8N4O7S. The summed E-state index contributed by atoms with van der Waals surface area (Å²) in [6.07, 6.45) is 2.42. The van der Waals surface area contributed by atoms with E-state index in [0.717, 1.165) is 17.8 Å². The molecule has 2 heterocycles. The van der Waals surface area contributed by atoms with Crippen molar-refractivity contribution in [3.63, 3.8) is 0 Å². The Morgan fingerprint density at radius 3 is 2.41 bits per heavy atom. The molecule has 0 spiro atoms. The van der Waals surface area contributed by atoms with Gasteiger partial charge in [0.05, 0.1) is 9.97 Å². The van der Waals surface area contributed by atoms with Crippen molar-refractivity contribution in [1.29, 1.82) is 0 Å². The monoisotopic (exact) mass is 328 g/mol. The highest BCUT2D eigenvalue weighted by atomic mass is 32.2. The van der Waals surface area contributed by atoms with Gasteiger partial charge in [0.2, 0.25) is 5.76 Å². The molecule has 0 radical (unpaired) electrons. The van der Waals surface area contributed by atoms with Crippen LogP contribution in [0, 0.1) is 30.3 Å². The number of nitrogens with zero attached hydrogens (tertiary/aromatic N) is 4. The van der Waals surface area contributed by atoms with Crippen LogP contribution in [0.1, 0.15) is 12.7 Å². The summed E-state index contributed by atoms with van der Waals surface area (Å²) in [4.78, 5) is 34.0. The van der Waals surface area contributed by atoms with Crippen LogP contribution >= 0.6 is 11.8 Å². The van der Waals surface area contributed by atoms with E-state index in [9.17, 15) is 30.3 Å². The summed E-state index contributed by atoms with van der Waals surface area (Å²) >= 11 is 0.892. The first-order valence-corrected chi connectivity index (χ1v) is 6.66. The van der Waals surface area contributed by atoms with Crippen LogP contribution in [-0.2, 0) is 0 Å². The molecule has 1 aromatic rings. The lowest BCUT2D eigenvalue weighted by molar-refractivity contribution is -0.496. The van der Waals surface area contributed by atoms with Crippen molar-refractivity contribution in [2.24, 2.45) is 4.99 Å². The first-order valence-electron chi connectivity index (χ1n) is 5.78. The molecule has 0 saturated carbocycles. The van der Waals surface area contributed by atoms with Crippen LogP contribution < -0.4 is 0 Å². The molecule has 1 aliphatic rings. The molecule has 0 amide bonds. The number of aliphatic imine (C=N–C) groups is 1. The Morgan fingerprint density at radius 1 is 1.23 bits per heavy atom. The van der Waals surface area contributed by atoms with Gasteiger partial charge in [-0.3, -0.25) is 35.3 Å². The third kappa shape index (κ3) is 3.11. The molecule has 0 N–H and O–H groups in total. The van der Waals surface area contributed by atoms with E-state index in [2.05, 4.69) is 4.99 Å². The number of nitro groups is 3. The number of hydrogen-bond acceptors (Lipinski definition) is 9. The minimum absolute atomic E-state index is 0.294. The van der Waals surface area contributed by atoms with Crippen LogP contribution in [0.2, 0.25) is 0 Å². The predicted octanol–water partition coefficient (Wildman–Crippen LogP) is 2.25. The number of hydrogen-bond donors (Lipinski definition) is 0. The number of thioether (sulfide) groups is 1. The Bertz CT molecular complexity index is 710. The molecule has 0 bridgehead atoms. The fourth-order valence-corrected chi connectivity index (χ4v) is 2.67. The highest BCUT2D eigenvalue weighted by Gasteiger charge is 2.35. The summed E-state index contributed by atoms with van der Waals surface area (Å²) in [5.41, 5.74) is -0.564. The van der Waals surface area contributed by atoms with Crippen molar-refractivity contribution >= 4 is 34.5 Å². The summed E-state index contributed by atoms with van der Waals surface area (Å²) in [7, 11) is 0. The maximum atomic E-state index is 10.8. The molecule has 0 aliphatic carbocycles. The molecule has 2 unspecified atom stereocenters. The number of rotatable bonds is 5. The van der Waals surface area contributed by atoms with Crippen molar-refractivity contribution in [3.8, 4) is 0 Å². The van der Waals surface area contributed by atoms with E-state index in [0.29, 0.717) is 11.1 Å². The SMILES string of the molecule is CC1N=C(/C=C\c2oc([N+](=O)[O-])cc2[N+](=O)[O-])SC1[N+](=O)[O-]. The highest BCUT2D eigenvalue weighted by molar-refractivity contribution is 8.15. The molecule has 12 heteroatoms. The molecule has 0 fully saturated rings. The van der Waals surface area contributed by atoms with E-state index >= 15 is 0 Å². The third-order valence-electron chi connectivity index (χ3n) is 2.67. The molecule has 2 rings (SSSR count). The van der Waals surface area contributed by atoms with Crippen LogP contribution in [0.4, 0.5) is 11.6 Å². The van der Waals surface area contributed by atoms with Crippen molar-refractivity contribution in [2.45, 2.75) is 18.3 Å². The highest BCUT2D eigenvalue weighted by Crippen LogP contribution is 2.31. The summed E-state index contributed by atoms with van der Waals surface area (Å²) < 4.78 is 4.77. The van der Waals surface area contributed by atoms with E-state index < -0.39 is 37.8 Å². The van der Waals surface area contributed by atoms with Gasteiger partial charge < -0.3 is 4.42 Å². The van der Waals surface area contributed by atoms with E-state index in [1.165, 1.54) is 6.08 Å². The van der Waals surface area contributed by atoms with Gasteiger partial charge >= 0.3 is 11.6 Å². The Kier molecular flexibility index (Phi) is 4.21. The molecule has 0 aromatic carbocycles. The average molecular weight is 328 g/mol. The first kappa shape index (κ1) is 15.6. The van der Waals surface area contributed by atoms with Gasteiger partial charge in [-0.2, -0.15) is 0 Å². The maximum absolute atomic E-state index is 10.8. The Labute approximate surface area is 126 Å². The zero-order valence-electron chi connectivity index (χ0n) is 10.9. The molecule has 116 valence electrons. The summed E-state index contributed by atoms with van der Waals surface area (Å²) in [5.74, 6) is -1.08. The predicted molar refractivity (Wildman–Crippen MR) is 76.3 cm³/mol. The van der Waals surface area contributed by atoms with Crippen LogP contribution in [0.15, 0.2) is 21.6 Å². The van der Waals surface area contributed by atoms with Gasteiger partial charge in [0.25, 0.3) is 5.37 Å². The molecule has 22 heavy (non-hydrogen) atoms. The van der Waals surface area contributed by atoms with Gasteiger partial charge in [-0.05, 0) is 30.8 Å². The van der Waals surface area contributed by atoms with E-state index in [-0.39, 0.29) is 5.76 Å². The first-order chi connectivity index (χ1) is 10.3. The maximum Gasteiger partial charge on any atom is 0.440 e. The van der Waals surface area contributed by atoms with Gasteiger partial charge in [-0.25, -0.2) is 0 Å². The van der Waals surface area contributed by atoms with Crippen LogP contribution in [0.3, 0.4) is 0 Å². The molecule has 1 aliphatic heterocycles. The second-order valence-corrected chi connectivity index (χ2v) is 5.32. The topological polar surface area (TPSA) is 155 Å². The van der Waals surface area contributed by atoms with Crippen molar-refractivity contribution in [2.75, 3.05) is 0 Å². The Morgan fingerprint density at radius 2 is 1.91 bits per heavy atom. The van der Waals surface area contributed by atoms with E-state index in [4.69, 9.17) is 4.42 Å². The quantitative estimate of drug-likeness (QED) is 0.588. The van der Waals surface area contributed by atoms with Crippen molar-refractivity contribution < 1.29 is 19.2 Å². The Balaban J connectivity index is 2.24. The van der Waals surface area contributed by atoms with Crippen molar-refractivity contribution in [1.82, 2.24) is 0 Å². The normalized spacial score (nSPS) is 21.0. The van der Waals surface area contributed by atoms with Gasteiger partial charge in [0.1, 0.15) is 17.0 Å². The lowest BCUT2D eigenvalue weighted by atomic mass is 10.3. The second-order valence-electron chi connectivity index (χ2n) is 4.18. The van der Waals surface area contributed by atoms with E-state index in [1.807, 2.05) is 0 Å². The fraction of sp³-hybridized carbons (Fsp3) is 0.300. The zero-order chi connectivity index (χ0) is 16.4.